The van der Waals surface area contributed by atoms with Crippen LogP contribution in [0.2, 0.25) is 0 Å². The molecule has 1 aromatic heterocycles. The maximum Gasteiger partial charge on any atom is 0.152 e. The SMILES string of the molecule is c1ccc(-c2ccc3c(c2)Oc2cc(-c4ccccc4)ccc2N3c2ccc(-c3ccc4c(c3)c3ccccc3n4-c3ccccc3)cc2)cc1. The molecule has 0 aliphatic carbocycles. The Labute approximate surface area is 296 Å². The number of benzene rings is 8. The second-order valence-electron chi connectivity index (χ2n) is 13.0. The largest absolute Gasteiger partial charge is 0.453 e. The smallest absolute Gasteiger partial charge is 0.152 e. The van der Waals surface area contributed by atoms with Gasteiger partial charge in [0.1, 0.15) is 0 Å². The van der Waals surface area contributed by atoms with Crippen LogP contribution < -0.4 is 9.64 Å². The summed E-state index contributed by atoms with van der Waals surface area (Å²) in [6, 6.07) is 69.0. The molecule has 240 valence electrons. The third kappa shape index (κ3) is 4.98. The lowest BCUT2D eigenvalue weighted by molar-refractivity contribution is 0.477. The number of rotatable bonds is 5. The van der Waals surface area contributed by atoms with E-state index in [2.05, 4.69) is 191 Å². The van der Waals surface area contributed by atoms with Crippen LogP contribution >= 0.6 is 0 Å². The van der Waals surface area contributed by atoms with E-state index in [1.54, 1.807) is 0 Å². The molecule has 0 atom stereocenters. The summed E-state index contributed by atoms with van der Waals surface area (Å²) in [7, 11) is 0. The van der Waals surface area contributed by atoms with Gasteiger partial charge in [-0.1, -0.05) is 127 Å². The Morgan fingerprint density at radius 2 is 0.784 bits per heavy atom. The maximum atomic E-state index is 6.71. The third-order valence-corrected chi connectivity index (χ3v) is 9.98. The standard InChI is InChI=1S/C48H32N2O/c1-4-12-33(13-5-1)37-23-28-45-47(31-37)51-48-32-38(34-14-6-2-7-15-34)24-29-46(48)50(45)40-25-20-35(21-26-40)36-22-27-44-42(30-36)41-18-10-11-19-43(41)49(44)39-16-8-3-9-17-39/h1-32H. The summed E-state index contributed by atoms with van der Waals surface area (Å²) in [5, 5.41) is 2.50. The van der Waals surface area contributed by atoms with Crippen molar-refractivity contribution in [1.82, 2.24) is 4.57 Å². The first-order chi connectivity index (χ1) is 25.3. The summed E-state index contributed by atoms with van der Waals surface area (Å²) < 4.78 is 9.07. The van der Waals surface area contributed by atoms with Crippen molar-refractivity contribution in [3.05, 3.63) is 194 Å². The average molecular weight is 653 g/mol. The Balaban J connectivity index is 1.07. The summed E-state index contributed by atoms with van der Waals surface area (Å²) in [5.74, 6) is 1.66. The highest BCUT2D eigenvalue weighted by Crippen LogP contribution is 2.52. The van der Waals surface area contributed by atoms with Crippen molar-refractivity contribution >= 4 is 38.9 Å². The van der Waals surface area contributed by atoms with E-state index in [0.717, 1.165) is 50.8 Å². The molecule has 0 bridgehead atoms. The van der Waals surface area contributed by atoms with Gasteiger partial charge in [0.15, 0.2) is 11.5 Å². The van der Waals surface area contributed by atoms with Gasteiger partial charge < -0.3 is 14.2 Å². The molecule has 0 saturated carbocycles. The third-order valence-electron chi connectivity index (χ3n) is 9.98. The Morgan fingerprint density at radius 3 is 1.41 bits per heavy atom. The second kappa shape index (κ2) is 11.9. The molecule has 8 aromatic carbocycles. The molecule has 1 aliphatic heterocycles. The average Bonchev–Trinajstić information content (AvgIpc) is 3.54. The Kier molecular flexibility index (Phi) is 6.81. The van der Waals surface area contributed by atoms with Gasteiger partial charge in [0.05, 0.1) is 22.4 Å². The van der Waals surface area contributed by atoms with Crippen LogP contribution in [0, 0.1) is 0 Å². The molecule has 51 heavy (non-hydrogen) atoms. The molecule has 0 N–H and O–H groups in total. The zero-order valence-corrected chi connectivity index (χ0v) is 27.8. The highest BCUT2D eigenvalue weighted by atomic mass is 16.5. The lowest BCUT2D eigenvalue weighted by Crippen LogP contribution is -2.16. The Morgan fingerprint density at radius 1 is 0.314 bits per heavy atom. The first-order valence-corrected chi connectivity index (χ1v) is 17.3. The van der Waals surface area contributed by atoms with E-state index in [-0.39, 0.29) is 0 Å². The lowest BCUT2D eigenvalue weighted by atomic mass is 10.00. The summed E-state index contributed by atoms with van der Waals surface area (Å²) >= 11 is 0. The minimum Gasteiger partial charge on any atom is -0.453 e. The summed E-state index contributed by atoms with van der Waals surface area (Å²) in [6.45, 7) is 0. The van der Waals surface area contributed by atoms with Crippen LogP contribution in [0.5, 0.6) is 11.5 Å². The van der Waals surface area contributed by atoms with E-state index < -0.39 is 0 Å². The van der Waals surface area contributed by atoms with Crippen molar-refractivity contribution in [2.45, 2.75) is 0 Å². The van der Waals surface area contributed by atoms with Gasteiger partial charge in [0.2, 0.25) is 0 Å². The van der Waals surface area contributed by atoms with E-state index in [0.29, 0.717) is 0 Å². The Hall–Kier alpha value is -6.84. The first kappa shape index (κ1) is 29.1. The van der Waals surface area contributed by atoms with Crippen molar-refractivity contribution < 1.29 is 4.74 Å². The molecule has 3 nitrogen and oxygen atoms in total. The van der Waals surface area contributed by atoms with Crippen molar-refractivity contribution in [2.75, 3.05) is 4.90 Å². The van der Waals surface area contributed by atoms with Crippen molar-refractivity contribution in [3.8, 4) is 50.6 Å². The fourth-order valence-electron chi connectivity index (χ4n) is 7.52. The molecule has 0 amide bonds. The molecular formula is C48H32N2O. The molecule has 3 heteroatoms. The molecule has 0 fully saturated rings. The molecule has 0 unspecified atom stereocenters. The van der Waals surface area contributed by atoms with Gasteiger partial charge in [0, 0.05) is 22.1 Å². The monoisotopic (exact) mass is 652 g/mol. The predicted molar refractivity (Wildman–Crippen MR) is 212 cm³/mol. The molecule has 2 heterocycles. The quantitative estimate of drug-likeness (QED) is 0.184. The van der Waals surface area contributed by atoms with E-state index in [4.69, 9.17) is 4.74 Å². The van der Waals surface area contributed by atoms with E-state index in [9.17, 15) is 0 Å². The normalized spacial score (nSPS) is 12.0. The minimum atomic E-state index is 0.832. The number of fused-ring (bicyclic) bond motifs is 5. The van der Waals surface area contributed by atoms with Crippen molar-refractivity contribution in [1.29, 1.82) is 0 Å². The van der Waals surface area contributed by atoms with Crippen molar-refractivity contribution in [3.63, 3.8) is 0 Å². The van der Waals surface area contributed by atoms with E-state index in [1.807, 2.05) is 12.1 Å². The minimum absolute atomic E-state index is 0.832. The highest BCUT2D eigenvalue weighted by Gasteiger charge is 2.27. The number of hydrogen-bond donors (Lipinski definition) is 0. The molecule has 1 aliphatic rings. The molecule has 0 spiro atoms. The lowest BCUT2D eigenvalue weighted by Gasteiger charge is -2.33. The van der Waals surface area contributed by atoms with Gasteiger partial charge in [-0.25, -0.2) is 0 Å². The number of anilines is 3. The maximum absolute atomic E-state index is 6.71. The first-order valence-electron chi connectivity index (χ1n) is 17.3. The zero-order chi connectivity index (χ0) is 33.7. The predicted octanol–water partition coefficient (Wildman–Crippen LogP) is 13.4. The number of hydrogen-bond acceptors (Lipinski definition) is 2. The van der Waals surface area contributed by atoms with Crippen LogP contribution in [-0.2, 0) is 0 Å². The van der Waals surface area contributed by atoms with E-state index in [1.165, 1.54) is 38.6 Å². The summed E-state index contributed by atoms with van der Waals surface area (Å²) in [6.07, 6.45) is 0. The number of nitrogens with zero attached hydrogens (tertiary/aromatic N) is 2. The highest BCUT2D eigenvalue weighted by molar-refractivity contribution is 6.10. The van der Waals surface area contributed by atoms with Crippen LogP contribution in [0.25, 0.3) is 60.9 Å². The molecule has 0 saturated heterocycles. The summed E-state index contributed by atoms with van der Waals surface area (Å²) in [4.78, 5) is 2.32. The zero-order valence-electron chi connectivity index (χ0n) is 27.8. The fourth-order valence-corrected chi connectivity index (χ4v) is 7.52. The van der Waals surface area contributed by atoms with E-state index >= 15 is 0 Å². The molecule has 9 aromatic rings. The molecule has 0 radical (unpaired) electrons. The summed E-state index contributed by atoms with van der Waals surface area (Å²) in [5.41, 5.74) is 13.6. The van der Waals surface area contributed by atoms with Gasteiger partial charge in [-0.3, -0.25) is 0 Å². The van der Waals surface area contributed by atoms with Gasteiger partial charge in [-0.15, -0.1) is 0 Å². The van der Waals surface area contributed by atoms with Crippen LogP contribution in [0.4, 0.5) is 17.1 Å². The Bertz CT molecular complexity index is 2610. The molecule has 10 rings (SSSR count). The van der Waals surface area contributed by atoms with Crippen LogP contribution in [0.15, 0.2) is 194 Å². The van der Waals surface area contributed by atoms with Crippen LogP contribution in [0.1, 0.15) is 0 Å². The number of aromatic nitrogens is 1. The second-order valence-corrected chi connectivity index (χ2v) is 13.0. The molecular weight excluding hydrogens is 621 g/mol. The van der Waals surface area contributed by atoms with Crippen LogP contribution in [-0.4, -0.2) is 4.57 Å². The van der Waals surface area contributed by atoms with Gasteiger partial charge in [-0.2, -0.15) is 0 Å². The van der Waals surface area contributed by atoms with Gasteiger partial charge in [0.25, 0.3) is 0 Å². The van der Waals surface area contributed by atoms with Gasteiger partial charge in [-0.05, 0) is 100 Å². The topological polar surface area (TPSA) is 17.4 Å². The number of ether oxygens (including phenoxy) is 1. The van der Waals surface area contributed by atoms with Gasteiger partial charge >= 0.3 is 0 Å². The van der Waals surface area contributed by atoms with Crippen LogP contribution in [0.3, 0.4) is 0 Å². The fraction of sp³-hybridized carbons (Fsp3) is 0. The van der Waals surface area contributed by atoms with Crippen molar-refractivity contribution in [2.24, 2.45) is 0 Å². The number of para-hydroxylation sites is 2.